The SMILES string of the molecule is Cc1ncsc1-c1nc(C(N)=O)sc1CC(O)CO. The van der Waals surface area contributed by atoms with Gasteiger partial charge in [-0.2, -0.15) is 0 Å². The molecule has 0 spiro atoms. The molecule has 0 aliphatic heterocycles. The van der Waals surface area contributed by atoms with Gasteiger partial charge < -0.3 is 15.9 Å². The third kappa shape index (κ3) is 2.98. The van der Waals surface area contributed by atoms with Crippen molar-refractivity contribution in [1.29, 1.82) is 0 Å². The fourth-order valence-electron chi connectivity index (χ4n) is 1.58. The van der Waals surface area contributed by atoms with Gasteiger partial charge in [0, 0.05) is 11.3 Å². The van der Waals surface area contributed by atoms with Crippen molar-refractivity contribution in [2.75, 3.05) is 6.61 Å². The molecule has 1 amide bonds. The highest BCUT2D eigenvalue weighted by Gasteiger charge is 2.20. The third-order valence-electron chi connectivity index (χ3n) is 2.50. The summed E-state index contributed by atoms with van der Waals surface area (Å²) < 4.78 is 0. The molecular formula is C11H13N3O3S2. The Labute approximate surface area is 117 Å². The van der Waals surface area contributed by atoms with Crippen LogP contribution in [0.5, 0.6) is 0 Å². The van der Waals surface area contributed by atoms with Crippen LogP contribution in [0.25, 0.3) is 10.6 Å². The summed E-state index contributed by atoms with van der Waals surface area (Å²) >= 11 is 2.55. The zero-order chi connectivity index (χ0) is 14.0. The van der Waals surface area contributed by atoms with Crippen LogP contribution in [0.15, 0.2) is 5.51 Å². The lowest BCUT2D eigenvalue weighted by molar-refractivity contribution is 0.0962. The second-order valence-corrected chi connectivity index (χ2v) is 5.90. The maximum atomic E-state index is 11.2. The van der Waals surface area contributed by atoms with Crippen LogP contribution < -0.4 is 5.73 Å². The highest BCUT2D eigenvalue weighted by molar-refractivity contribution is 7.16. The van der Waals surface area contributed by atoms with E-state index in [1.165, 1.54) is 11.3 Å². The number of carbonyl (C=O) groups excluding carboxylic acids is 1. The molecule has 0 aliphatic carbocycles. The summed E-state index contributed by atoms with van der Waals surface area (Å²) in [5.74, 6) is -0.599. The fourth-order valence-corrected chi connectivity index (χ4v) is 3.46. The van der Waals surface area contributed by atoms with Crippen LogP contribution in [0.4, 0.5) is 0 Å². The zero-order valence-corrected chi connectivity index (χ0v) is 11.8. The molecule has 2 aromatic rings. The lowest BCUT2D eigenvalue weighted by Gasteiger charge is -2.05. The minimum atomic E-state index is -0.881. The molecule has 0 radical (unpaired) electrons. The highest BCUT2D eigenvalue weighted by atomic mass is 32.1. The van der Waals surface area contributed by atoms with E-state index in [4.69, 9.17) is 10.8 Å². The molecule has 2 rings (SSSR count). The molecule has 102 valence electrons. The summed E-state index contributed by atoms with van der Waals surface area (Å²) in [6.07, 6.45) is -0.651. The smallest absolute Gasteiger partial charge is 0.277 e. The van der Waals surface area contributed by atoms with Gasteiger partial charge in [0.1, 0.15) is 0 Å². The van der Waals surface area contributed by atoms with Gasteiger partial charge >= 0.3 is 0 Å². The quantitative estimate of drug-likeness (QED) is 0.747. The summed E-state index contributed by atoms with van der Waals surface area (Å²) in [7, 11) is 0. The number of hydrogen-bond donors (Lipinski definition) is 3. The Balaban J connectivity index is 2.46. The summed E-state index contributed by atoms with van der Waals surface area (Å²) in [5, 5.41) is 18.7. The molecule has 0 aromatic carbocycles. The summed E-state index contributed by atoms with van der Waals surface area (Å²) in [4.78, 5) is 21.2. The van der Waals surface area contributed by atoms with Gasteiger partial charge in [0.15, 0.2) is 5.01 Å². The van der Waals surface area contributed by atoms with Crippen LogP contribution in [0.3, 0.4) is 0 Å². The molecule has 4 N–H and O–H groups in total. The van der Waals surface area contributed by atoms with E-state index in [9.17, 15) is 9.90 Å². The molecule has 19 heavy (non-hydrogen) atoms. The van der Waals surface area contributed by atoms with E-state index in [0.717, 1.165) is 26.8 Å². The van der Waals surface area contributed by atoms with Gasteiger partial charge in [0.2, 0.25) is 0 Å². The molecule has 0 saturated heterocycles. The van der Waals surface area contributed by atoms with Crippen molar-refractivity contribution in [2.45, 2.75) is 19.4 Å². The predicted octanol–water partition coefficient (Wildman–Crippen LogP) is 0.570. The number of aryl methyl sites for hydroxylation is 1. The van der Waals surface area contributed by atoms with Gasteiger partial charge in [-0.3, -0.25) is 4.79 Å². The van der Waals surface area contributed by atoms with Crippen LogP contribution in [0.2, 0.25) is 0 Å². The molecule has 0 aliphatic rings. The van der Waals surface area contributed by atoms with E-state index in [2.05, 4.69) is 9.97 Å². The largest absolute Gasteiger partial charge is 0.394 e. The zero-order valence-electron chi connectivity index (χ0n) is 10.2. The van der Waals surface area contributed by atoms with Crippen molar-refractivity contribution in [2.24, 2.45) is 5.73 Å². The van der Waals surface area contributed by atoms with Crippen LogP contribution in [0.1, 0.15) is 20.4 Å². The second-order valence-electron chi connectivity index (χ2n) is 3.96. The monoisotopic (exact) mass is 299 g/mol. The van der Waals surface area contributed by atoms with Crippen LogP contribution in [-0.4, -0.2) is 38.8 Å². The van der Waals surface area contributed by atoms with Crippen molar-refractivity contribution in [1.82, 2.24) is 9.97 Å². The molecule has 0 saturated carbocycles. The average Bonchev–Trinajstić information content (AvgIpc) is 2.95. The number of thiazole rings is 2. The standard InChI is InChI=1S/C11H13N3O3S2/c1-5-9(18-4-13-5)8-7(2-6(16)3-15)19-11(14-8)10(12)17/h4,6,15-16H,2-3H2,1H3,(H2,12,17). The van der Waals surface area contributed by atoms with Gasteiger partial charge in [-0.25, -0.2) is 9.97 Å². The number of primary amides is 1. The Hall–Kier alpha value is -1.35. The van der Waals surface area contributed by atoms with Crippen molar-refractivity contribution >= 4 is 28.6 Å². The predicted molar refractivity (Wildman–Crippen MR) is 73.3 cm³/mol. The molecule has 1 atom stereocenters. The third-order valence-corrected chi connectivity index (χ3v) is 4.53. The van der Waals surface area contributed by atoms with Crippen molar-refractivity contribution in [3.63, 3.8) is 0 Å². The van der Waals surface area contributed by atoms with Gasteiger partial charge in [-0.15, -0.1) is 22.7 Å². The molecule has 8 heteroatoms. The Morgan fingerprint density at radius 2 is 2.32 bits per heavy atom. The minimum absolute atomic E-state index is 0.197. The summed E-state index contributed by atoms with van der Waals surface area (Å²) in [6, 6.07) is 0. The van der Waals surface area contributed by atoms with Gasteiger partial charge in [0.05, 0.1) is 34.5 Å². The lowest BCUT2D eigenvalue weighted by Crippen LogP contribution is -2.14. The second kappa shape index (κ2) is 5.74. The molecule has 1 unspecified atom stereocenters. The summed E-state index contributed by atoms with van der Waals surface area (Å²) in [5.41, 5.74) is 8.36. The number of rotatable bonds is 5. The molecular weight excluding hydrogens is 286 g/mol. The van der Waals surface area contributed by atoms with E-state index in [-0.39, 0.29) is 18.0 Å². The number of aliphatic hydroxyl groups excluding tert-OH is 2. The molecule has 0 bridgehead atoms. The topological polar surface area (TPSA) is 109 Å². The van der Waals surface area contributed by atoms with E-state index in [1.807, 2.05) is 6.92 Å². The van der Waals surface area contributed by atoms with Gasteiger partial charge in [0.25, 0.3) is 5.91 Å². The van der Waals surface area contributed by atoms with Gasteiger partial charge in [-0.1, -0.05) is 0 Å². The Kier molecular flexibility index (Phi) is 4.25. The van der Waals surface area contributed by atoms with E-state index in [0.29, 0.717) is 5.69 Å². The first-order valence-corrected chi connectivity index (χ1v) is 7.21. The first-order chi connectivity index (χ1) is 9.02. The molecule has 6 nitrogen and oxygen atoms in total. The highest BCUT2D eigenvalue weighted by Crippen LogP contribution is 2.33. The number of nitrogens with zero attached hydrogens (tertiary/aromatic N) is 2. The summed E-state index contributed by atoms with van der Waals surface area (Å²) in [6.45, 7) is 1.51. The lowest BCUT2D eigenvalue weighted by atomic mass is 10.2. The first kappa shape index (κ1) is 14.1. The number of hydrogen-bond acceptors (Lipinski definition) is 7. The van der Waals surface area contributed by atoms with Crippen LogP contribution in [-0.2, 0) is 6.42 Å². The number of amides is 1. The Morgan fingerprint density at radius 1 is 1.58 bits per heavy atom. The maximum absolute atomic E-state index is 11.2. The number of carbonyl (C=O) groups is 1. The normalized spacial score (nSPS) is 12.6. The van der Waals surface area contributed by atoms with Crippen molar-refractivity contribution < 1.29 is 15.0 Å². The van der Waals surface area contributed by atoms with E-state index < -0.39 is 12.0 Å². The van der Waals surface area contributed by atoms with Crippen LogP contribution in [0, 0.1) is 6.92 Å². The molecule has 2 aromatic heterocycles. The maximum Gasteiger partial charge on any atom is 0.277 e. The average molecular weight is 299 g/mol. The van der Waals surface area contributed by atoms with Crippen molar-refractivity contribution in [3.8, 4) is 10.6 Å². The Bertz CT molecular complexity index is 594. The first-order valence-electron chi connectivity index (χ1n) is 5.51. The minimum Gasteiger partial charge on any atom is -0.394 e. The number of nitrogens with two attached hydrogens (primary N) is 1. The van der Waals surface area contributed by atoms with Crippen molar-refractivity contribution in [3.05, 3.63) is 21.1 Å². The van der Waals surface area contributed by atoms with E-state index >= 15 is 0 Å². The fraction of sp³-hybridized carbons (Fsp3) is 0.364. The van der Waals surface area contributed by atoms with E-state index in [1.54, 1.807) is 5.51 Å². The number of aromatic nitrogens is 2. The van der Waals surface area contributed by atoms with Crippen LogP contribution >= 0.6 is 22.7 Å². The van der Waals surface area contributed by atoms with Gasteiger partial charge in [-0.05, 0) is 6.92 Å². The molecule has 0 fully saturated rings. The molecule has 2 heterocycles. The number of aliphatic hydroxyl groups is 2. The Morgan fingerprint density at radius 3 is 2.84 bits per heavy atom.